The number of hydrogen-bond acceptors (Lipinski definition) is 5. The molecule has 160 valence electrons. The maximum atomic E-state index is 13.6. The van der Waals surface area contributed by atoms with E-state index < -0.39 is 0 Å². The SMILES string of the molecule is Nc1ncc(C(=O)NCCC(=O)N2CCOCC2)c2ccc(-c3cccc(F)c3)cc12. The summed E-state index contributed by atoms with van der Waals surface area (Å²) in [6, 6.07) is 11.6. The molecule has 2 aromatic carbocycles. The first-order chi connectivity index (χ1) is 15.0. The van der Waals surface area contributed by atoms with Crippen molar-refractivity contribution in [2.45, 2.75) is 6.42 Å². The second-order valence-electron chi connectivity index (χ2n) is 7.33. The predicted molar refractivity (Wildman–Crippen MR) is 116 cm³/mol. The third-order valence-corrected chi connectivity index (χ3v) is 5.31. The standard InChI is InChI=1S/C23H23FN4O3/c24-17-3-1-2-15(12-17)16-4-5-18-19(13-16)22(25)27-14-20(18)23(30)26-7-6-21(29)28-8-10-31-11-9-28/h1-5,12-14H,6-11H2,(H2,25,27)(H,26,30). The summed E-state index contributed by atoms with van der Waals surface area (Å²) in [7, 11) is 0. The molecule has 1 saturated heterocycles. The molecule has 0 spiro atoms. The average Bonchev–Trinajstić information content (AvgIpc) is 2.79. The monoisotopic (exact) mass is 422 g/mol. The van der Waals surface area contributed by atoms with E-state index in [0.717, 1.165) is 5.56 Å². The molecule has 7 nitrogen and oxygen atoms in total. The van der Waals surface area contributed by atoms with Crippen LogP contribution in [0.4, 0.5) is 10.2 Å². The van der Waals surface area contributed by atoms with Crippen molar-refractivity contribution in [1.82, 2.24) is 15.2 Å². The van der Waals surface area contributed by atoms with Crippen LogP contribution >= 0.6 is 0 Å². The van der Waals surface area contributed by atoms with Gasteiger partial charge in [-0.05, 0) is 34.7 Å². The van der Waals surface area contributed by atoms with Crippen molar-refractivity contribution in [2.24, 2.45) is 0 Å². The maximum absolute atomic E-state index is 13.6. The molecule has 0 bridgehead atoms. The largest absolute Gasteiger partial charge is 0.383 e. The van der Waals surface area contributed by atoms with Gasteiger partial charge in [0.05, 0.1) is 18.8 Å². The summed E-state index contributed by atoms with van der Waals surface area (Å²) in [6.07, 6.45) is 1.65. The number of nitrogens with one attached hydrogen (secondary N) is 1. The Bertz CT molecular complexity index is 1130. The second-order valence-corrected chi connectivity index (χ2v) is 7.33. The Morgan fingerprint density at radius 1 is 1.10 bits per heavy atom. The molecule has 31 heavy (non-hydrogen) atoms. The highest BCUT2D eigenvalue weighted by atomic mass is 19.1. The van der Waals surface area contributed by atoms with Crippen molar-refractivity contribution in [3.63, 3.8) is 0 Å². The molecule has 8 heteroatoms. The van der Waals surface area contributed by atoms with Gasteiger partial charge in [-0.2, -0.15) is 0 Å². The number of amides is 2. The Balaban J connectivity index is 1.50. The summed E-state index contributed by atoms with van der Waals surface area (Å²) < 4.78 is 18.8. The van der Waals surface area contributed by atoms with Gasteiger partial charge in [0.15, 0.2) is 0 Å². The molecule has 3 aromatic rings. The van der Waals surface area contributed by atoms with Crippen molar-refractivity contribution in [3.05, 3.63) is 60.0 Å². The van der Waals surface area contributed by atoms with Crippen LogP contribution in [0.1, 0.15) is 16.8 Å². The number of anilines is 1. The number of benzene rings is 2. The predicted octanol–water partition coefficient (Wildman–Crippen LogP) is 2.60. The summed E-state index contributed by atoms with van der Waals surface area (Å²) in [5, 5.41) is 4.04. The maximum Gasteiger partial charge on any atom is 0.253 e. The lowest BCUT2D eigenvalue weighted by molar-refractivity contribution is -0.135. The van der Waals surface area contributed by atoms with Crippen LogP contribution in [0.15, 0.2) is 48.7 Å². The Hall–Kier alpha value is -3.52. The molecule has 0 aliphatic carbocycles. The lowest BCUT2D eigenvalue weighted by Gasteiger charge is -2.26. The number of hydrogen-bond donors (Lipinski definition) is 2. The topological polar surface area (TPSA) is 97.5 Å². The van der Waals surface area contributed by atoms with E-state index in [9.17, 15) is 14.0 Å². The number of rotatable bonds is 5. The minimum absolute atomic E-state index is 0.0105. The molecule has 1 aromatic heterocycles. The number of nitrogens with zero attached hydrogens (tertiary/aromatic N) is 2. The third-order valence-electron chi connectivity index (χ3n) is 5.31. The van der Waals surface area contributed by atoms with Crippen LogP contribution in [0.5, 0.6) is 0 Å². The molecule has 0 saturated carbocycles. The number of halogens is 1. The Morgan fingerprint density at radius 3 is 2.65 bits per heavy atom. The zero-order chi connectivity index (χ0) is 21.8. The van der Waals surface area contributed by atoms with Crippen LogP contribution in [-0.4, -0.2) is 54.5 Å². The lowest BCUT2D eigenvalue weighted by Crippen LogP contribution is -2.42. The van der Waals surface area contributed by atoms with E-state index in [4.69, 9.17) is 10.5 Å². The van der Waals surface area contributed by atoms with Crippen LogP contribution in [0.25, 0.3) is 21.9 Å². The fourth-order valence-electron chi connectivity index (χ4n) is 3.64. The number of carbonyl (C=O) groups is 2. The van der Waals surface area contributed by atoms with Crippen LogP contribution in [-0.2, 0) is 9.53 Å². The molecule has 1 aliphatic heterocycles. The fourth-order valence-corrected chi connectivity index (χ4v) is 3.64. The Morgan fingerprint density at radius 2 is 1.87 bits per heavy atom. The van der Waals surface area contributed by atoms with E-state index in [2.05, 4.69) is 10.3 Å². The number of morpholine rings is 1. The molecular weight excluding hydrogens is 399 g/mol. The summed E-state index contributed by atoms with van der Waals surface area (Å²) in [6.45, 7) is 2.46. The Labute approximate surface area is 179 Å². The highest BCUT2D eigenvalue weighted by molar-refractivity contribution is 6.09. The highest BCUT2D eigenvalue weighted by Gasteiger charge is 2.18. The molecule has 4 rings (SSSR count). The van der Waals surface area contributed by atoms with Crippen LogP contribution in [0.2, 0.25) is 0 Å². The molecule has 1 aliphatic rings. The van der Waals surface area contributed by atoms with Gasteiger partial charge >= 0.3 is 0 Å². The molecule has 1 fully saturated rings. The van der Waals surface area contributed by atoms with Gasteiger partial charge in [-0.3, -0.25) is 9.59 Å². The summed E-state index contributed by atoms with van der Waals surface area (Å²) in [4.78, 5) is 30.9. The number of pyridine rings is 1. The first-order valence-electron chi connectivity index (χ1n) is 10.1. The number of fused-ring (bicyclic) bond motifs is 1. The molecule has 0 radical (unpaired) electrons. The number of ether oxygens (including phenoxy) is 1. The van der Waals surface area contributed by atoms with Gasteiger partial charge in [0, 0.05) is 37.6 Å². The highest BCUT2D eigenvalue weighted by Crippen LogP contribution is 2.29. The van der Waals surface area contributed by atoms with E-state index in [1.165, 1.54) is 18.3 Å². The van der Waals surface area contributed by atoms with Gasteiger partial charge in [-0.15, -0.1) is 0 Å². The molecule has 0 unspecified atom stereocenters. The van der Waals surface area contributed by atoms with E-state index >= 15 is 0 Å². The molecular formula is C23H23FN4O3. The minimum Gasteiger partial charge on any atom is -0.383 e. The number of aromatic nitrogens is 1. The van der Waals surface area contributed by atoms with Gasteiger partial charge in [0.1, 0.15) is 11.6 Å². The summed E-state index contributed by atoms with van der Waals surface area (Å²) >= 11 is 0. The van der Waals surface area contributed by atoms with Crippen LogP contribution in [0, 0.1) is 5.82 Å². The smallest absolute Gasteiger partial charge is 0.253 e. The zero-order valence-electron chi connectivity index (χ0n) is 16.9. The van der Waals surface area contributed by atoms with Gasteiger partial charge in [0.2, 0.25) is 5.91 Å². The van der Waals surface area contributed by atoms with E-state index in [1.54, 1.807) is 29.2 Å². The quantitative estimate of drug-likeness (QED) is 0.659. The first-order valence-corrected chi connectivity index (χ1v) is 10.1. The van der Waals surface area contributed by atoms with E-state index in [-0.39, 0.29) is 36.4 Å². The molecule has 0 atom stereocenters. The molecule has 2 amide bonds. The second kappa shape index (κ2) is 9.09. The first kappa shape index (κ1) is 20.7. The van der Waals surface area contributed by atoms with Gasteiger partial charge in [-0.25, -0.2) is 9.37 Å². The van der Waals surface area contributed by atoms with Crippen molar-refractivity contribution in [3.8, 4) is 11.1 Å². The molecule has 3 N–H and O–H groups in total. The normalized spacial score (nSPS) is 13.9. The lowest BCUT2D eigenvalue weighted by atomic mass is 9.99. The van der Waals surface area contributed by atoms with Gasteiger partial charge in [0.25, 0.3) is 5.91 Å². The van der Waals surface area contributed by atoms with Crippen LogP contribution < -0.4 is 11.1 Å². The van der Waals surface area contributed by atoms with Crippen molar-refractivity contribution < 1.29 is 18.7 Å². The van der Waals surface area contributed by atoms with Crippen molar-refractivity contribution in [1.29, 1.82) is 0 Å². The summed E-state index contributed by atoms with van der Waals surface area (Å²) in [5.41, 5.74) is 7.90. The number of nitrogens with two attached hydrogens (primary N) is 1. The summed E-state index contributed by atoms with van der Waals surface area (Å²) in [5.74, 6) is -0.384. The number of nitrogen functional groups attached to an aromatic ring is 1. The van der Waals surface area contributed by atoms with E-state index in [0.29, 0.717) is 48.2 Å². The third kappa shape index (κ3) is 4.64. The Kier molecular flexibility index (Phi) is 6.08. The molecule has 2 heterocycles. The minimum atomic E-state index is -0.330. The fraction of sp³-hybridized carbons (Fsp3) is 0.261. The van der Waals surface area contributed by atoms with E-state index in [1.807, 2.05) is 6.07 Å². The average molecular weight is 422 g/mol. The van der Waals surface area contributed by atoms with Crippen molar-refractivity contribution in [2.75, 3.05) is 38.6 Å². The zero-order valence-corrected chi connectivity index (χ0v) is 16.9. The van der Waals surface area contributed by atoms with Crippen LogP contribution in [0.3, 0.4) is 0 Å². The van der Waals surface area contributed by atoms with Gasteiger partial charge < -0.3 is 20.7 Å². The van der Waals surface area contributed by atoms with Gasteiger partial charge in [-0.1, -0.05) is 24.3 Å². The number of carbonyl (C=O) groups excluding carboxylic acids is 2. The van der Waals surface area contributed by atoms with Crippen molar-refractivity contribution >= 4 is 28.4 Å².